The zero-order chi connectivity index (χ0) is 20.4. The van der Waals surface area contributed by atoms with Crippen molar-refractivity contribution >= 4 is 27.5 Å². The van der Waals surface area contributed by atoms with E-state index in [1.807, 2.05) is 30.9 Å². The first-order chi connectivity index (χ1) is 13.4. The summed E-state index contributed by atoms with van der Waals surface area (Å²) in [4.78, 5) is 19.7. The van der Waals surface area contributed by atoms with Gasteiger partial charge < -0.3 is 9.64 Å². The molecule has 0 bridgehead atoms. The van der Waals surface area contributed by atoms with Gasteiger partial charge in [0.25, 0.3) is 0 Å². The number of hydrogen-bond acceptors (Lipinski definition) is 3. The van der Waals surface area contributed by atoms with E-state index in [1.54, 1.807) is 0 Å². The molecule has 0 saturated carbocycles. The van der Waals surface area contributed by atoms with Gasteiger partial charge in [0.2, 0.25) is 11.8 Å². The van der Waals surface area contributed by atoms with Crippen molar-refractivity contribution < 1.29 is 9.53 Å². The minimum atomic E-state index is -0.253. The van der Waals surface area contributed by atoms with Gasteiger partial charge in [-0.05, 0) is 72.8 Å². The van der Waals surface area contributed by atoms with Gasteiger partial charge in [0, 0.05) is 11.7 Å². The van der Waals surface area contributed by atoms with Crippen LogP contribution in [0.5, 0.6) is 11.6 Å². The number of aryl methyl sites for hydroxylation is 2. The summed E-state index contributed by atoms with van der Waals surface area (Å²) in [5.41, 5.74) is 3.97. The number of amides is 1. The van der Waals surface area contributed by atoms with Crippen LogP contribution in [0.15, 0.2) is 28.7 Å². The molecule has 0 N–H and O–H groups in total. The number of nitrogens with zero attached hydrogens (tertiary/aromatic N) is 2. The number of aromatic nitrogens is 1. The molecule has 4 nitrogen and oxygen atoms in total. The highest BCUT2D eigenvalue weighted by atomic mass is 79.9. The maximum atomic E-state index is 13.1. The number of fused-ring (bicyclic) bond motifs is 1. The molecule has 28 heavy (non-hydrogen) atoms. The van der Waals surface area contributed by atoms with Gasteiger partial charge in [-0.25, -0.2) is 4.98 Å². The lowest BCUT2D eigenvalue weighted by molar-refractivity contribution is -0.119. The Morgan fingerprint density at radius 1 is 1.21 bits per heavy atom. The van der Waals surface area contributed by atoms with Crippen molar-refractivity contribution in [2.24, 2.45) is 0 Å². The van der Waals surface area contributed by atoms with Crippen LogP contribution in [0.2, 0.25) is 0 Å². The number of halogens is 1. The largest absolute Gasteiger partial charge is 0.437 e. The molecule has 1 aliphatic rings. The summed E-state index contributed by atoms with van der Waals surface area (Å²) in [6, 6.07) is 8.38. The molecule has 150 valence electrons. The maximum absolute atomic E-state index is 13.1. The first-order valence-corrected chi connectivity index (χ1v) is 11.0. The number of carbonyl (C=O) groups excluding carboxylic acids is 1. The van der Waals surface area contributed by atoms with E-state index in [0.717, 1.165) is 52.9 Å². The fourth-order valence-corrected chi connectivity index (χ4v) is 4.49. The molecule has 0 radical (unpaired) electrons. The van der Waals surface area contributed by atoms with E-state index in [-0.39, 0.29) is 17.9 Å². The molecule has 1 aliphatic heterocycles. The third-order valence-electron chi connectivity index (χ3n) is 5.48. The van der Waals surface area contributed by atoms with E-state index in [0.29, 0.717) is 5.88 Å². The summed E-state index contributed by atoms with van der Waals surface area (Å²) in [7, 11) is 0. The van der Waals surface area contributed by atoms with Crippen molar-refractivity contribution in [2.75, 3.05) is 4.90 Å². The third kappa shape index (κ3) is 3.82. The summed E-state index contributed by atoms with van der Waals surface area (Å²) in [5, 5.41) is 0. The predicted octanol–water partition coefficient (Wildman–Crippen LogP) is 6.54. The second kappa shape index (κ2) is 8.64. The molecule has 1 atom stereocenters. The molecule has 1 unspecified atom stereocenters. The maximum Gasteiger partial charge on any atom is 0.234 e. The van der Waals surface area contributed by atoms with Gasteiger partial charge >= 0.3 is 0 Å². The van der Waals surface area contributed by atoms with Gasteiger partial charge in [0.1, 0.15) is 5.75 Å². The van der Waals surface area contributed by atoms with Crippen LogP contribution in [0.25, 0.3) is 0 Å². The van der Waals surface area contributed by atoms with E-state index in [4.69, 9.17) is 4.74 Å². The van der Waals surface area contributed by atoms with Crippen LogP contribution in [0.3, 0.4) is 0 Å². The Morgan fingerprint density at radius 2 is 1.93 bits per heavy atom. The molecule has 2 heterocycles. The number of benzene rings is 1. The SMILES string of the molecule is CCCc1ccc(Oc2nc(C)cc3c2C(C)C(=O)N3C(CC)CC)c(Br)c1. The topological polar surface area (TPSA) is 42.4 Å². The van der Waals surface area contributed by atoms with Crippen LogP contribution in [0.4, 0.5) is 5.69 Å². The molecular weight excluding hydrogens is 416 g/mol. The summed E-state index contributed by atoms with van der Waals surface area (Å²) in [6.07, 6.45) is 3.99. The normalized spacial score (nSPS) is 16.0. The van der Waals surface area contributed by atoms with E-state index < -0.39 is 0 Å². The average molecular weight is 445 g/mol. The Bertz CT molecular complexity index is 877. The molecule has 0 fully saturated rings. The van der Waals surface area contributed by atoms with Gasteiger partial charge in [-0.15, -0.1) is 0 Å². The molecule has 3 rings (SSSR count). The Hall–Kier alpha value is -1.88. The van der Waals surface area contributed by atoms with Crippen molar-refractivity contribution in [3.05, 3.63) is 45.6 Å². The summed E-state index contributed by atoms with van der Waals surface area (Å²) < 4.78 is 7.15. The fourth-order valence-electron chi connectivity index (χ4n) is 3.98. The number of hydrogen-bond donors (Lipinski definition) is 0. The lowest BCUT2D eigenvalue weighted by atomic mass is 10.0. The van der Waals surface area contributed by atoms with Crippen LogP contribution in [0, 0.1) is 6.92 Å². The van der Waals surface area contributed by atoms with Crippen molar-refractivity contribution in [1.82, 2.24) is 4.98 Å². The van der Waals surface area contributed by atoms with Crippen molar-refractivity contribution in [1.29, 1.82) is 0 Å². The van der Waals surface area contributed by atoms with Crippen LogP contribution in [-0.4, -0.2) is 16.9 Å². The second-order valence-electron chi connectivity index (χ2n) is 7.52. The molecule has 5 heteroatoms. The Kier molecular flexibility index (Phi) is 6.43. The molecule has 0 saturated heterocycles. The Labute approximate surface area is 176 Å². The summed E-state index contributed by atoms with van der Waals surface area (Å²) >= 11 is 3.63. The molecule has 2 aromatic rings. The van der Waals surface area contributed by atoms with Crippen molar-refractivity contribution in [3.63, 3.8) is 0 Å². The summed E-state index contributed by atoms with van der Waals surface area (Å²) in [6.45, 7) is 10.3. The minimum absolute atomic E-state index is 0.137. The first-order valence-electron chi connectivity index (χ1n) is 10.2. The van der Waals surface area contributed by atoms with Gasteiger partial charge in [-0.1, -0.05) is 33.3 Å². The van der Waals surface area contributed by atoms with Gasteiger partial charge in [0.05, 0.1) is 21.6 Å². The van der Waals surface area contributed by atoms with E-state index >= 15 is 0 Å². The highest BCUT2D eigenvalue weighted by Gasteiger charge is 2.40. The molecule has 1 amide bonds. The number of anilines is 1. The van der Waals surface area contributed by atoms with Gasteiger partial charge in [-0.3, -0.25) is 4.79 Å². The zero-order valence-corrected chi connectivity index (χ0v) is 19.0. The van der Waals surface area contributed by atoms with E-state index in [2.05, 4.69) is 53.8 Å². The molecule has 0 aliphatic carbocycles. The van der Waals surface area contributed by atoms with Crippen molar-refractivity contribution in [3.8, 4) is 11.6 Å². The van der Waals surface area contributed by atoms with Gasteiger partial charge in [-0.2, -0.15) is 0 Å². The highest BCUT2D eigenvalue weighted by Crippen LogP contribution is 2.45. The fraction of sp³-hybridized carbons (Fsp3) is 0.478. The lowest BCUT2D eigenvalue weighted by Gasteiger charge is -2.27. The van der Waals surface area contributed by atoms with Crippen LogP contribution in [0.1, 0.15) is 69.7 Å². The number of ether oxygens (including phenoxy) is 1. The van der Waals surface area contributed by atoms with Crippen molar-refractivity contribution in [2.45, 2.75) is 72.3 Å². The highest BCUT2D eigenvalue weighted by molar-refractivity contribution is 9.10. The lowest BCUT2D eigenvalue weighted by Crippen LogP contribution is -2.37. The quantitative estimate of drug-likeness (QED) is 0.486. The number of rotatable bonds is 7. The average Bonchev–Trinajstić information content (AvgIpc) is 2.90. The smallest absolute Gasteiger partial charge is 0.234 e. The van der Waals surface area contributed by atoms with E-state index in [9.17, 15) is 4.79 Å². The second-order valence-corrected chi connectivity index (χ2v) is 8.37. The van der Waals surface area contributed by atoms with Crippen LogP contribution in [-0.2, 0) is 11.2 Å². The molecular formula is C23H29BrN2O2. The van der Waals surface area contributed by atoms with Gasteiger partial charge in [0.15, 0.2) is 0 Å². The van der Waals surface area contributed by atoms with E-state index in [1.165, 1.54) is 5.56 Å². The Balaban J connectivity index is 2.03. The standard InChI is InChI=1S/C23H29BrN2O2/c1-6-9-16-10-11-20(18(24)13-16)28-22-21-15(5)23(27)26(17(7-2)8-3)19(21)12-14(4)25-22/h10-13,15,17H,6-9H2,1-5H3. The van der Waals surface area contributed by atoms with Crippen LogP contribution < -0.4 is 9.64 Å². The molecule has 1 aromatic heterocycles. The minimum Gasteiger partial charge on any atom is -0.437 e. The first kappa shape index (κ1) is 20.8. The summed E-state index contributed by atoms with van der Waals surface area (Å²) in [5.74, 6) is 1.14. The third-order valence-corrected chi connectivity index (χ3v) is 6.10. The number of carbonyl (C=O) groups is 1. The predicted molar refractivity (Wildman–Crippen MR) is 117 cm³/mol. The molecule has 0 spiro atoms. The monoisotopic (exact) mass is 444 g/mol. The zero-order valence-electron chi connectivity index (χ0n) is 17.4. The van der Waals surface area contributed by atoms with Crippen LogP contribution >= 0.6 is 15.9 Å². The number of pyridine rings is 1. The molecule has 1 aromatic carbocycles. The Morgan fingerprint density at radius 3 is 2.54 bits per heavy atom.